The van der Waals surface area contributed by atoms with Gasteiger partial charge in [0.05, 0.1) is 130 Å². The van der Waals surface area contributed by atoms with Crippen LogP contribution in [0, 0.1) is 42.3 Å². The molecule has 4 aromatic carbocycles. The van der Waals surface area contributed by atoms with Crippen LogP contribution in [0.3, 0.4) is 0 Å². The molecule has 0 radical (unpaired) electrons. The van der Waals surface area contributed by atoms with Crippen LogP contribution in [0.25, 0.3) is 33.5 Å². The number of piperidine rings is 1. The Balaban J connectivity index is 0.726. The van der Waals surface area contributed by atoms with Gasteiger partial charge in [-0.15, -0.1) is 0 Å². The van der Waals surface area contributed by atoms with Gasteiger partial charge in [0.15, 0.2) is 0 Å². The lowest BCUT2D eigenvalue weighted by atomic mass is 9.89. The molecule has 0 aliphatic carbocycles. The molecule has 11 amide bonds. The van der Waals surface area contributed by atoms with Crippen LogP contribution in [0.4, 0.5) is 31.2 Å². The second kappa shape index (κ2) is 54.0. The molecule has 133 heavy (non-hydrogen) atoms. The molecule has 2 aromatic heterocycles. The van der Waals surface area contributed by atoms with Crippen LogP contribution in [0.2, 0.25) is 5.02 Å². The maximum Gasteiger partial charge on any atom is 0.410 e. The number of likely N-dealkylation sites (tertiary alicyclic amines) is 1. The van der Waals surface area contributed by atoms with E-state index >= 15 is 0 Å². The summed E-state index contributed by atoms with van der Waals surface area (Å²) in [6.45, 7) is 23.3. The number of aryl methyl sites for hydroxylation is 1. The predicted octanol–water partition coefficient (Wildman–Crippen LogP) is 9.33. The number of rotatable bonds is 54. The number of carbonyl (C=O) groups excluding carboxylic acids is 10. The van der Waals surface area contributed by atoms with Crippen molar-refractivity contribution in [2.45, 2.75) is 214 Å². The lowest BCUT2D eigenvalue weighted by Crippen LogP contribution is -2.60. The molecule has 12 atom stereocenters. The van der Waals surface area contributed by atoms with Gasteiger partial charge in [0, 0.05) is 103 Å². The summed E-state index contributed by atoms with van der Waals surface area (Å²) in [6, 6.07) is 18.8. The van der Waals surface area contributed by atoms with Gasteiger partial charge in [-0.05, 0) is 141 Å². The van der Waals surface area contributed by atoms with Crippen LogP contribution >= 0.6 is 11.6 Å². The number of H-pyrrole nitrogens is 1. The van der Waals surface area contributed by atoms with Crippen molar-refractivity contribution in [1.29, 1.82) is 0 Å². The first kappa shape index (κ1) is 108. The van der Waals surface area contributed by atoms with Gasteiger partial charge in [-0.25, -0.2) is 23.9 Å². The number of pyridine rings is 1. The number of nitrogens with two attached hydrogens (primary N) is 1. The molecule has 8 rings (SSSR count). The van der Waals surface area contributed by atoms with Crippen LogP contribution in [0.15, 0.2) is 97.2 Å². The van der Waals surface area contributed by atoms with Crippen molar-refractivity contribution in [3.63, 3.8) is 0 Å². The maximum absolute atomic E-state index is 15.0. The topological polar surface area (TPSA) is 453 Å². The first-order chi connectivity index (χ1) is 63.5. The molecule has 0 spiro atoms. The van der Waals surface area contributed by atoms with Crippen LogP contribution in [-0.2, 0) is 78.1 Å². The molecule has 2 aliphatic rings. The second-order valence-electron chi connectivity index (χ2n) is 35.2. The molecule has 13 N–H and O–H groups in total. The Morgan fingerprint density at radius 3 is 1.94 bits per heavy atom. The highest BCUT2D eigenvalue weighted by atomic mass is 35.5. The Kier molecular flexibility index (Phi) is 43.7. The number of methoxy groups -OCH3 is 2. The maximum atomic E-state index is 15.0. The van der Waals surface area contributed by atoms with Gasteiger partial charge < -0.3 is 111 Å². The van der Waals surface area contributed by atoms with Crippen LogP contribution in [-0.4, -0.2) is 280 Å². The molecule has 2 saturated heterocycles. The highest BCUT2D eigenvalue weighted by molar-refractivity contribution is 6.31. The Morgan fingerprint density at radius 2 is 1.33 bits per heavy atom. The molecule has 2 fully saturated rings. The first-order valence-electron chi connectivity index (χ1n) is 46.1. The summed E-state index contributed by atoms with van der Waals surface area (Å²) in [5.74, 6) is -5.12. The molecule has 0 unspecified atom stereocenters. The van der Waals surface area contributed by atoms with E-state index in [2.05, 4.69) is 52.4 Å². The number of aliphatic hydroxyl groups excluding tert-OH is 2. The van der Waals surface area contributed by atoms with Gasteiger partial charge >= 0.3 is 12.1 Å². The number of hydrogen-bond donors (Lipinski definition) is 12. The number of nitrogens with zero attached hydrogens (tertiary/aromatic N) is 6. The number of ether oxygens (including phenoxy) is 7. The van der Waals surface area contributed by atoms with Crippen molar-refractivity contribution in [1.82, 2.24) is 61.6 Å². The molecule has 0 saturated carbocycles. The third kappa shape index (κ3) is 32.3. The third-order valence-electron chi connectivity index (χ3n) is 24.2. The van der Waals surface area contributed by atoms with Gasteiger partial charge in [0.25, 0.3) is 0 Å². The molecule has 0 bridgehead atoms. The van der Waals surface area contributed by atoms with Crippen molar-refractivity contribution in [2.75, 3.05) is 136 Å². The summed E-state index contributed by atoms with van der Waals surface area (Å²) in [7, 11) is 6.07. The summed E-state index contributed by atoms with van der Waals surface area (Å²) < 4.78 is 55.4. The summed E-state index contributed by atoms with van der Waals surface area (Å²) in [5.41, 5.74) is 11.7. The monoisotopic (exact) mass is 1880 g/mol. The van der Waals surface area contributed by atoms with E-state index in [0.29, 0.717) is 119 Å². The molecule has 4 heterocycles. The molecule has 2 aliphatic heterocycles. The predicted molar refractivity (Wildman–Crippen MR) is 505 cm³/mol. The number of aliphatic hydroxyl groups is 2. The number of likely N-dealkylation sites (N-methyl/N-ethyl adjacent to an activating group) is 2. The van der Waals surface area contributed by atoms with E-state index in [-0.39, 0.29) is 134 Å². The molecule has 732 valence electrons. The van der Waals surface area contributed by atoms with Crippen LogP contribution in [0.5, 0.6) is 0 Å². The van der Waals surface area contributed by atoms with Crippen molar-refractivity contribution in [2.24, 2.45) is 35.3 Å². The summed E-state index contributed by atoms with van der Waals surface area (Å²) in [4.78, 5) is 157. The Morgan fingerprint density at radius 1 is 0.684 bits per heavy atom. The van der Waals surface area contributed by atoms with Crippen molar-refractivity contribution >= 4 is 99.2 Å². The number of fused-ring (bicyclic) bond motifs is 1. The highest BCUT2D eigenvalue weighted by Crippen LogP contribution is 2.44. The number of benzene rings is 4. The van der Waals surface area contributed by atoms with Gasteiger partial charge in [-0.2, -0.15) is 0 Å². The smallest absolute Gasteiger partial charge is 0.410 e. The lowest BCUT2D eigenvalue weighted by molar-refractivity contribution is -0.148. The van der Waals surface area contributed by atoms with Gasteiger partial charge in [0.2, 0.25) is 47.3 Å². The number of amides is 11. The second-order valence-corrected chi connectivity index (χ2v) is 35.7. The molecular weight excluding hydrogens is 1740 g/mol. The zero-order chi connectivity index (χ0) is 97.1. The molecular formula is C96H140ClFN16O19. The van der Waals surface area contributed by atoms with Crippen LogP contribution < -0.4 is 53.2 Å². The SMILES string of the molecule is CC[C@H](C)[C@@H]([C@@H](CC(=O)N1CCC[C@H]1[C@H](OC)[C@@H](C)C(=O)N[C@H](C)[C@@H](O)c1ccccc1)OC)N(C)C(=O)[C@@H](NC(=O)[C@H](C(C)C)N(C)C(=O)OCc1ccc(NC(=O)[C@H](CCCNC(N)=O)NC(=O)[C@@H](NC(=O)CCOCCOCCOCCOCCC(=O)NCCNc2ncc(-c3cc(C)cc(F)c3)c(N3CCC(O)CC3)c2-c2nc3ccc(Cl)cc3[nH]2)C(C)C)cc1)C(C)C. The van der Waals surface area contributed by atoms with Crippen molar-refractivity contribution in [3.8, 4) is 22.5 Å². The van der Waals surface area contributed by atoms with E-state index in [9.17, 15) is 62.5 Å². The normalized spacial score (nSPS) is 16.1. The van der Waals surface area contributed by atoms with Crippen molar-refractivity contribution in [3.05, 3.63) is 125 Å². The van der Waals surface area contributed by atoms with Crippen molar-refractivity contribution < 1.29 is 95.7 Å². The minimum atomic E-state index is -1.15. The van der Waals surface area contributed by atoms with Gasteiger partial charge in [0.1, 0.15) is 48.2 Å². The standard InChI is InChI=1S/C96H140ClFN16O19/c1-16-61(9)84(76(127-14)54-79(118)114-39-21-25-75(114)87(128-15)62(10)90(120)104-63(11)86(119)65-22-18-17-19-23-65)111(12)94(124)82(58(4)5)110-93(123)83(59(6)7)112(13)96(126)133-56-64-26-29-69(30-27-64)105-91(121)73(24-20-36-102-95(99)125)108-92(122)81(57(2)3)109-78(117)35-43-130-45-47-132-49-48-131-46-44-129-42-34-77(116)100-37-38-101-88-80(89-106-72-31-28-67(97)53-74(72)107-89)85(113-40-32-70(115)33-41-113)71(55-103-88)66-50-60(8)51-68(98)52-66/h17-19,22-23,26-31,50-53,55,57-59,61-63,70,73,75-76,81-84,86-87,115,119H,16,20-21,24-25,32-49,54,56H2,1-15H3,(H,100,116)(H,101,103)(H,104,120)(H,105,121)(H,106,107)(H,108,122)(H,109,117)(H,110,123)(H3,99,102,125)/t61-,62+,63+,73-,75-,76+,81-,82-,83-,84-,86+,87+/m0/s1. The minimum Gasteiger partial charge on any atom is -0.445 e. The van der Waals surface area contributed by atoms with E-state index in [1.807, 2.05) is 51.1 Å². The first-order valence-corrected chi connectivity index (χ1v) is 46.5. The number of halogens is 2. The number of aromatic nitrogens is 3. The number of imidazole rings is 1. The number of nitrogens with one attached hydrogen (secondary N) is 9. The van der Waals surface area contributed by atoms with E-state index in [1.54, 1.807) is 127 Å². The number of carbonyl (C=O) groups is 10. The summed E-state index contributed by atoms with van der Waals surface area (Å²) in [6.07, 6.45) is 1.17. The summed E-state index contributed by atoms with van der Waals surface area (Å²) in [5, 5.41) is 45.1. The van der Waals surface area contributed by atoms with Gasteiger partial charge in [-0.3, -0.25) is 43.3 Å². The fourth-order valence-corrected chi connectivity index (χ4v) is 16.9. The lowest BCUT2D eigenvalue weighted by Gasteiger charge is -2.41. The average Bonchev–Trinajstić information content (AvgIpc) is 1.73. The van der Waals surface area contributed by atoms with Crippen LogP contribution in [0.1, 0.15) is 156 Å². The largest absolute Gasteiger partial charge is 0.445 e. The summed E-state index contributed by atoms with van der Waals surface area (Å²) >= 11 is 6.38. The number of anilines is 3. The van der Waals surface area contributed by atoms with E-state index in [0.717, 1.165) is 11.3 Å². The fourth-order valence-electron chi connectivity index (χ4n) is 16.7. The fraction of sp³-hybridized carbons (Fsp3) is 0.583. The molecule has 6 aromatic rings. The van der Waals surface area contributed by atoms with E-state index in [4.69, 9.17) is 60.5 Å². The number of primary amides is 1. The average molecular weight is 1880 g/mol. The number of hydrogen-bond acceptors (Lipinski definition) is 23. The zero-order valence-corrected chi connectivity index (χ0v) is 80.3. The highest BCUT2D eigenvalue weighted by Gasteiger charge is 2.45. The Hall–Kier alpha value is -10.7. The zero-order valence-electron chi connectivity index (χ0n) is 79.5. The quantitative estimate of drug-likeness (QED) is 0.0158. The Labute approximate surface area is 784 Å². The number of urea groups is 1. The molecule has 35 nitrogen and oxygen atoms in total. The van der Waals surface area contributed by atoms with E-state index in [1.165, 1.54) is 38.3 Å². The third-order valence-corrected chi connectivity index (χ3v) is 24.4. The molecule has 37 heteroatoms. The number of aromatic amines is 1. The Bertz CT molecular complexity index is 4740. The van der Waals surface area contributed by atoms with Gasteiger partial charge in [-0.1, -0.05) is 129 Å². The van der Waals surface area contributed by atoms with E-state index < -0.39 is 132 Å². The minimum absolute atomic E-state index is 0.0175.